The van der Waals surface area contributed by atoms with Gasteiger partial charge in [0.15, 0.2) is 0 Å². The molecule has 3 heteroatoms. The molecule has 1 atom stereocenters. The molecule has 0 spiro atoms. The maximum absolute atomic E-state index is 5.60. The lowest BCUT2D eigenvalue weighted by molar-refractivity contribution is 0.371. The van der Waals surface area contributed by atoms with Crippen LogP contribution in [0.2, 0.25) is 0 Å². The first kappa shape index (κ1) is 14.9. The number of aryl methyl sites for hydroxylation is 1. The minimum atomic E-state index is 0.314. The van der Waals surface area contributed by atoms with Crippen molar-refractivity contribution in [3.63, 3.8) is 0 Å². The van der Waals surface area contributed by atoms with Crippen LogP contribution in [0.1, 0.15) is 29.2 Å². The van der Waals surface area contributed by atoms with Crippen LogP contribution in [0.4, 0.5) is 0 Å². The molecule has 1 N–H and O–H groups in total. The molecular weight excluding hydrogens is 274 g/mol. The number of rotatable bonds is 5. The molecule has 1 unspecified atom stereocenters. The second-order valence-corrected chi connectivity index (χ2v) is 5.64. The predicted molar refractivity (Wildman–Crippen MR) is 88.8 cm³/mol. The van der Waals surface area contributed by atoms with E-state index in [1.807, 2.05) is 12.1 Å². The molecule has 0 saturated carbocycles. The zero-order valence-corrected chi connectivity index (χ0v) is 13.3. The Morgan fingerprint density at radius 2 is 1.73 bits per heavy atom. The van der Waals surface area contributed by atoms with Crippen molar-refractivity contribution in [2.24, 2.45) is 0 Å². The van der Waals surface area contributed by atoms with E-state index in [0.717, 1.165) is 37.3 Å². The Labute approximate surface area is 132 Å². The van der Waals surface area contributed by atoms with Crippen LogP contribution in [-0.4, -0.2) is 20.8 Å². The van der Waals surface area contributed by atoms with E-state index in [1.165, 1.54) is 16.7 Å². The van der Waals surface area contributed by atoms with Gasteiger partial charge in [-0.1, -0.05) is 30.3 Å². The van der Waals surface area contributed by atoms with Crippen LogP contribution in [0.25, 0.3) is 0 Å². The minimum absolute atomic E-state index is 0.314. The van der Waals surface area contributed by atoms with Crippen molar-refractivity contribution in [1.29, 1.82) is 0 Å². The van der Waals surface area contributed by atoms with E-state index in [0.29, 0.717) is 6.04 Å². The van der Waals surface area contributed by atoms with Crippen molar-refractivity contribution in [2.75, 3.05) is 20.8 Å². The van der Waals surface area contributed by atoms with Crippen LogP contribution in [0.3, 0.4) is 0 Å². The summed E-state index contributed by atoms with van der Waals surface area (Å²) in [5, 5.41) is 3.64. The quantitative estimate of drug-likeness (QED) is 0.916. The first-order chi connectivity index (χ1) is 10.8. The lowest BCUT2D eigenvalue weighted by Gasteiger charge is -2.30. The molecular formula is C19H23NO2. The standard InChI is InChI=1S/C19H23NO2/c1-21-17-10-11-18(22-2)19-15(17)12-13-20-16(19)9-8-14-6-4-3-5-7-14/h3-7,10-11,16,20H,8-9,12-13H2,1-2H3. The molecule has 3 rings (SSSR count). The molecule has 1 aliphatic rings. The van der Waals surface area contributed by atoms with E-state index in [2.05, 4.69) is 35.6 Å². The Bertz CT molecular complexity index is 625. The average molecular weight is 297 g/mol. The first-order valence-electron chi connectivity index (χ1n) is 7.84. The Kier molecular flexibility index (Phi) is 4.64. The SMILES string of the molecule is COc1ccc(OC)c2c1CCNC2CCc1ccccc1. The zero-order chi connectivity index (χ0) is 15.4. The molecule has 116 valence electrons. The molecule has 0 saturated heterocycles. The van der Waals surface area contributed by atoms with Gasteiger partial charge in [-0.25, -0.2) is 0 Å². The van der Waals surface area contributed by atoms with Crippen LogP contribution in [-0.2, 0) is 12.8 Å². The molecule has 0 bridgehead atoms. The van der Waals surface area contributed by atoms with Gasteiger partial charge in [0.1, 0.15) is 11.5 Å². The van der Waals surface area contributed by atoms with Crippen LogP contribution in [0.15, 0.2) is 42.5 Å². The van der Waals surface area contributed by atoms with Gasteiger partial charge in [0.25, 0.3) is 0 Å². The highest BCUT2D eigenvalue weighted by Gasteiger charge is 2.26. The number of nitrogens with one attached hydrogen (secondary N) is 1. The fourth-order valence-electron chi connectivity index (χ4n) is 3.31. The smallest absolute Gasteiger partial charge is 0.124 e. The summed E-state index contributed by atoms with van der Waals surface area (Å²) < 4.78 is 11.1. The summed E-state index contributed by atoms with van der Waals surface area (Å²) >= 11 is 0. The number of ether oxygens (including phenoxy) is 2. The van der Waals surface area contributed by atoms with Crippen LogP contribution < -0.4 is 14.8 Å². The van der Waals surface area contributed by atoms with E-state index < -0.39 is 0 Å². The fraction of sp³-hybridized carbons (Fsp3) is 0.368. The second kappa shape index (κ2) is 6.84. The summed E-state index contributed by atoms with van der Waals surface area (Å²) in [6, 6.07) is 15.0. The van der Waals surface area contributed by atoms with Crippen molar-refractivity contribution in [3.8, 4) is 11.5 Å². The van der Waals surface area contributed by atoms with Gasteiger partial charge < -0.3 is 14.8 Å². The number of hydrogen-bond acceptors (Lipinski definition) is 3. The Morgan fingerprint density at radius 1 is 1.00 bits per heavy atom. The highest BCUT2D eigenvalue weighted by molar-refractivity contribution is 5.51. The maximum atomic E-state index is 5.60. The first-order valence-corrected chi connectivity index (χ1v) is 7.84. The van der Waals surface area contributed by atoms with Gasteiger partial charge >= 0.3 is 0 Å². The average Bonchev–Trinajstić information content (AvgIpc) is 2.59. The number of fused-ring (bicyclic) bond motifs is 1. The fourth-order valence-corrected chi connectivity index (χ4v) is 3.31. The van der Waals surface area contributed by atoms with Gasteiger partial charge in [-0.3, -0.25) is 0 Å². The van der Waals surface area contributed by atoms with Crippen molar-refractivity contribution >= 4 is 0 Å². The second-order valence-electron chi connectivity index (χ2n) is 5.64. The normalized spacial score (nSPS) is 16.9. The van der Waals surface area contributed by atoms with Crippen molar-refractivity contribution in [3.05, 3.63) is 59.2 Å². The minimum Gasteiger partial charge on any atom is -0.496 e. The highest BCUT2D eigenvalue weighted by atomic mass is 16.5. The summed E-state index contributed by atoms with van der Waals surface area (Å²) in [7, 11) is 3.48. The van der Waals surface area contributed by atoms with Crippen LogP contribution >= 0.6 is 0 Å². The third-order valence-electron chi connectivity index (χ3n) is 4.39. The van der Waals surface area contributed by atoms with E-state index in [4.69, 9.17) is 9.47 Å². The lowest BCUT2D eigenvalue weighted by atomic mass is 9.89. The number of methoxy groups -OCH3 is 2. The Hall–Kier alpha value is -2.00. The third kappa shape index (κ3) is 2.95. The predicted octanol–water partition coefficient (Wildman–Crippen LogP) is 3.52. The van der Waals surface area contributed by atoms with Crippen LogP contribution in [0, 0.1) is 0 Å². The molecule has 3 nitrogen and oxygen atoms in total. The van der Waals surface area contributed by atoms with E-state index in [-0.39, 0.29) is 0 Å². The van der Waals surface area contributed by atoms with E-state index in [9.17, 15) is 0 Å². The molecule has 1 aliphatic heterocycles. The van der Waals surface area contributed by atoms with Gasteiger partial charge in [-0.2, -0.15) is 0 Å². The van der Waals surface area contributed by atoms with Gasteiger partial charge in [-0.05, 0) is 43.5 Å². The molecule has 0 aromatic heterocycles. The number of hydrogen-bond donors (Lipinski definition) is 1. The summed E-state index contributed by atoms with van der Waals surface area (Å²) in [4.78, 5) is 0. The van der Waals surface area contributed by atoms with Gasteiger partial charge in [0.2, 0.25) is 0 Å². The summed E-state index contributed by atoms with van der Waals surface area (Å²) in [5.41, 5.74) is 3.93. The largest absolute Gasteiger partial charge is 0.496 e. The van der Waals surface area contributed by atoms with Crippen molar-refractivity contribution < 1.29 is 9.47 Å². The highest BCUT2D eigenvalue weighted by Crippen LogP contribution is 2.39. The van der Waals surface area contributed by atoms with E-state index in [1.54, 1.807) is 14.2 Å². The van der Waals surface area contributed by atoms with Crippen LogP contribution in [0.5, 0.6) is 11.5 Å². The summed E-state index contributed by atoms with van der Waals surface area (Å²) in [5.74, 6) is 1.93. The number of benzene rings is 2. The van der Waals surface area contributed by atoms with Crippen molar-refractivity contribution in [2.45, 2.75) is 25.3 Å². The molecule has 2 aromatic rings. The molecule has 0 fully saturated rings. The molecule has 0 amide bonds. The maximum Gasteiger partial charge on any atom is 0.124 e. The summed E-state index contributed by atoms with van der Waals surface area (Å²) in [6.07, 6.45) is 3.09. The molecule has 1 heterocycles. The molecule has 22 heavy (non-hydrogen) atoms. The third-order valence-corrected chi connectivity index (χ3v) is 4.39. The van der Waals surface area contributed by atoms with Crippen molar-refractivity contribution in [1.82, 2.24) is 5.32 Å². The molecule has 2 aromatic carbocycles. The van der Waals surface area contributed by atoms with Gasteiger partial charge in [-0.15, -0.1) is 0 Å². The van der Waals surface area contributed by atoms with Gasteiger partial charge in [0.05, 0.1) is 14.2 Å². The molecule has 0 radical (unpaired) electrons. The van der Waals surface area contributed by atoms with E-state index >= 15 is 0 Å². The summed E-state index contributed by atoms with van der Waals surface area (Å²) in [6.45, 7) is 0.982. The Balaban J connectivity index is 1.86. The topological polar surface area (TPSA) is 30.5 Å². The van der Waals surface area contributed by atoms with Gasteiger partial charge in [0, 0.05) is 17.2 Å². The Morgan fingerprint density at radius 3 is 2.45 bits per heavy atom. The zero-order valence-electron chi connectivity index (χ0n) is 13.3. The molecule has 0 aliphatic carbocycles. The monoisotopic (exact) mass is 297 g/mol. The lowest BCUT2D eigenvalue weighted by Crippen LogP contribution is -2.31.